The monoisotopic (exact) mass is 338 g/mol. The number of anilines is 1. The van der Waals surface area contributed by atoms with E-state index in [-0.39, 0.29) is 11.8 Å². The molecule has 0 unspecified atom stereocenters. The summed E-state index contributed by atoms with van der Waals surface area (Å²) in [5.41, 5.74) is 2.08. The van der Waals surface area contributed by atoms with Crippen LogP contribution in [-0.2, 0) is 4.79 Å². The van der Waals surface area contributed by atoms with Gasteiger partial charge in [0.05, 0.1) is 12.3 Å². The number of ether oxygens (including phenoxy) is 1. The molecule has 2 aromatic carbocycles. The molecule has 0 radical (unpaired) electrons. The van der Waals surface area contributed by atoms with Gasteiger partial charge in [0, 0.05) is 25.7 Å². The topological polar surface area (TPSA) is 58.6 Å². The van der Waals surface area contributed by atoms with E-state index in [1.807, 2.05) is 25.1 Å². The Morgan fingerprint density at radius 1 is 1.08 bits per heavy atom. The summed E-state index contributed by atoms with van der Waals surface area (Å²) in [5.74, 6) is 0.333. The van der Waals surface area contributed by atoms with Gasteiger partial charge in [-0.2, -0.15) is 0 Å². The van der Waals surface area contributed by atoms with Crippen LogP contribution in [0.4, 0.5) is 5.69 Å². The first-order valence-electron chi connectivity index (χ1n) is 8.04. The van der Waals surface area contributed by atoms with Crippen LogP contribution in [0.15, 0.2) is 54.6 Å². The van der Waals surface area contributed by atoms with E-state index in [0.717, 1.165) is 5.56 Å². The number of nitrogens with zero attached hydrogens (tertiary/aromatic N) is 1. The van der Waals surface area contributed by atoms with Gasteiger partial charge in [-0.15, -0.1) is 0 Å². The Morgan fingerprint density at radius 2 is 1.76 bits per heavy atom. The van der Waals surface area contributed by atoms with Gasteiger partial charge in [-0.1, -0.05) is 24.3 Å². The van der Waals surface area contributed by atoms with E-state index in [1.54, 1.807) is 50.5 Å². The molecule has 2 aromatic rings. The van der Waals surface area contributed by atoms with Crippen molar-refractivity contribution in [3.63, 3.8) is 0 Å². The molecule has 0 aliphatic carbocycles. The molecule has 25 heavy (non-hydrogen) atoms. The molecule has 2 rings (SSSR count). The van der Waals surface area contributed by atoms with Gasteiger partial charge in [0.15, 0.2) is 0 Å². The average molecular weight is 338 g/mol. The van der Waals surface area contributed by atoms with E-state index >= 15 is 0 Å². The smallest absolute Gasteiger partial charge is 0.253 e. The molecule has 2 amide bonds. The Labute approximate surface area is 147 Å². The second kappa shape index (κ2) is 8.68. The standard InChI is InChI=1S/C20H22N2O3/c1-4-25-18-8-6-5-7-17(18)21-19(23)14-11-15-9-12-16(13-10-15)20(24)22(2)3/h5-14H,4H2,1-3H3,(H,21,23)/b14-11+. The first-order chi connectivity index (χ1) is 12.0. The van der Waals surface area contributed by atoms with Crippen molar-refractivity contribution in [2.75, 3.05) is 26.0 Å². The minimum Gasteiger partial charge on any atom is -0.492 e. The fourth-order valence-corrected chi connectivity index (χ4v) is 2.19. The van der Waals surface area contributed by atoms with Gasteiger partial charge in [-0.3, -0.25) is 9.59 Å². The van der Waals surface area contributed by atoms with Crippen LogP contribution in [0.3, 0.4) is 0 Å². The SMILES string of the molecule is CCOc1ccccc1NC(=O)/C=C/c1ccc(C(=O)N(C)C)cc1. The zero-order chi connectivity index (χ0) is 18.2. The first kappa shape index (κ1) is 18.3. The quantitative estimate of drug-likeness (QED) is 0.821. The molecule has 0 aliphatic heterocycles. The van der Waals surface area contributed by atoms with Crippen LogP contribution in [-0.4, -0.2) is 37.4 Å². The van der Waals surface area contributed by atoms with Crippen molar-refractivity contribution in [1.82, 2.24) is 4.90 Å². The highest BCUT2D eigenvalue weighted by molar-refractivity contribution is 6.02. The highest BCUT2D eigenvalue weighted by Crippen LogP contribution is 2.23. The normalized spacial score (nSPS) is 10.5. The molecule has 0 aromatic heterocycles. The van der Waals surface area contributed by atoms with Crippen LogP contribution >= 0.6 is 0 Å². The fourth-order valence-electron chi connectivity index (χ4n) is 2.19. The highest BCUT2D eigenvalue weighted by Gasteiger charge is 2.07. The van der Waals surface area contributed by atoms with E-state index in [2.05, 4.69) is 5.32 Å². The number of rotatable bonds is 6. The van der Waals surface area contributed by atoms with Crippen LogP contribution in [0, 0.1) is 0 Å². The first-order valence-corrected chi connectivity index (χ1v) is 8.04. The minimum atomic E-state index is -0.249. The van der Waals surface area contributed by atoms with Crippen molar-refractivity contribution in [2.45, 2.75) is 6.92 Å². The Bertz CT molecular complexity index is 765. The summed E-state index contributed by atoms with van der Waals surface area (Å²) >= 11 is 0. The van der Waals surface area contributed by atoms with Gasteiger partial charge in [0.1, 0.15) is 5.75 Å². The van der Waals surface area contributed by atoms with E-state index in [0.29, 0.717) is 23.6 Å². The lowest BCUT2D eigenvalue weighted by molar-refractivity contribution is -0.111. The summed E-state index contributed by atoms with van der Waals surface area (Å²) in [6.45, 7) is 2.42. The Hall–Kier alpha value is -3.08. The predicted octanol–water partition coefficient (Wildman–Crippen LogP) is 3.44. The molecule has 0 aliphatic rings. The predicted molar refractivity (Wildman–Crippen MR) is 99.7 cm³/mol. The van der Waals surface area contributed by atoms with E-state index in [1.165, 1.54) is 11.0 Å². The number of carbonyl (C=O) groups excluding carboxylic acids is 2. The van der Waals surface area contributed by atoms with Crippen molar-refractivity contribution in [2.24, 2.45) is 0 Å². The lowest BCUT2D eigenvalue weighted by Gasteiger charge is -2.10. The van der Waals surface area contributed by atoms with Crippen molar-refractivity contribution in [3.8, 4) is 5.75 Å². The van der Waals surface area contributed by atoms with Crippen molar-refractivity contribution in [1.29, 1.82) is 0 Å². The summed E-state index contributed by atoms with van der Waals surface area (Å²) in [4.78, 5) is 25.5. The van der Waals surface area contributed by atoms with E-state index < -0.39 is 0 Å². The third-order valence-corrected chi connectivity index (χ3v) is 3.44. The molecule has 0 spiro atoms. The maximum atomic E-state index is 12.1. The second-order valence-corrected chi connectivity index (χ2v) is 5.57. The van der Waals surface area contributed by atoms with Crippen LogP contribution in [0.2, 0.25) is 0 Å². The zero-order valence-electron chi connectivity index (χ0n) is 14.7. The lowest BCUT2D eigenvalue weighted by Crippen LogP contribution is -2.21. The fraction of sp³-hybridized carbons (Fsp3) is 0.200. The summed E-state index contributed by atoms with van der Waals surface area (Å²) in [7, 11) is 3.42. The number of para-hydroxylation sites is 2. The van der Waals surface area contributed by atoms with Gasteiger partial charge >= 0.3 is 0 Å². The van der Waals surface area contributed by atoms with Crippen molar-refractivity contribution >= 4 is 23.6 Å². The summed E-state index contributed by atoms with van der Waals surface area (Å²) in [5, 5.41) is 2.80. The maximum absolute atomic E-state index is 12.1. The third-order valence-electron chi connectivity index (χ3n) is 3.44. The number of benzene rings is 2. The minimum absolute atomic E-state index is 0.0548. The molecule has 5 nitrogen and oxygen atoms in total. The van der Waals surface area contributed by atoms with Crippen LogP contribution in [0.1, 0.15) is 22.8 Å². The van der Waals surface area contributed by atoms with Crippen molar-refractivity contribution < 1.29 is 14.3 Å². The van der Waals surface area contributed by atoms with Gasteiger partial charge < -0.3 is 15.0 Å². The molecular weight excluding hydrogens is 316 g/mol. The maximum Gasteiger partial charge on any atom is 0.253 e. The van der Waals surface area contributed by atoms with Gasteiger partial charge in [0.25, 0.3) is 5.91 Å². The summed E-state index contributed by atoms with van der Waals surface area (Å²) in [6.07, 6.45) is 3.15. The molecule has 0 saturated heterocycles. The highest BCUT2D eigenvalue weighted by atomic mass is 16.5. The Balaban J connectivity index is 2.02. The van der Waals surface area contributed by atoms with E-state index in [4.69, 9.17) is 4.74 Å². The molecule has 130 valence electrons. The number of hydrogen-bond donors (Lipinski definition) is 1. The molecule has 0 bridgehead atoms. The zero-order valence-corrected chi connectivity index (χ0v) is 14.7. The third kappa shape index (κ3) is 5.21. The number of hydrogen-bond acceptors (Lipinski definition) is 3. The van der Waals surface area contributed by atoms with Crippen LogP contribution in [0.5, 0.6) is 5.75 Å². The van der Waals surface area contributed by atoms with Gasteiger partial charge in [-0.25, -0.2) is 0 Å². The molecule has 0 heterocycles. The molecular formula is C20H22N2O3. The summed E-state index contributed by atoms with van der Waals surface area (Å²) < 4.78 is 5.48. The van der Waals surface area contributed by atoms with Gasteiger partial charge in [0.2, 0.25) is 5.91 Å². The molecule has 1 N–H and O–H groups in total. The Kier molecular flexibility index (Phi) is 6.34. The summed E-state index contributed by atoms with van der Waals surface area (Å²) in [6, 6.07) is 14.4. The molecule has 5 heteroatoms. The lowest BCUT2D eigenvalue weighted by atomic mass is 10.1. The molecule has 0 saturated carbocycles. The van der Waals surface area contributed by atoms with Crippen LogP contribution in [0.25, 0.3) is 6.08 Å². The van der Waals surface area contributed by atoms with Crippen LogP contribution < -0.4 is 10.1 Å². The molecule has 0 fully saturated rings. The van der Waals surface area contributed by atoms with Gasteiger partial charge in [-0.05, 0) is 42.8 Å². The number of carbonyl (C=O) groups is 2. The van der Waals surface area contributed by atoms with E-state index in [9.17, 15) is 9.59 Å². The molecule has 0 atom stereocenters. The Morgan fingerprint density at radius 3 is 2.40 bits per heavy atom. The number of nitrogens with one attached hydrogen (secondary N) is 1. The second-order valence-electron chi connectivity index (χ2n) is 5.57. The largest absolute Gasteiger partial charge is 0.492 e. The van der Waals surface area contributed by atoms with Crippen molar-refractivity contribution in [3.05, 3.63) is 65.7 Å². The number of amides is 2. The average Bonchev–Trinajstić information content (AvgIpc) is 2.61.